The van der Waals surface area contributed by atoms with Crippen molar-refractivity contribution in [3.8, 4) is 11.5 Å². The molecule has 0 spiro atoms. The van der Waals surface area contributed by atoms with Crippen LogP contribution in [0.5, 0.6) is 11.5 Å². The molecule has 0 aromatic heterocycles. The number of benzene rings is 6. The number of alkyl halides is 4. The van der Waals surface area contributed by atoms with Gasteiger partial charge >= 0.3 is 59.6 Å². The van der Waals surface area contributed by atoms with Crippen molar-refractivity contribution in [1.82, 2.24) is 0 Å². The van der Waals surface area contributed by atoms with E-state index in [0.29, 0.717) is 44.6 Å². The summed E-state index contributed by atoms with van der Waals surface area (Å²) in [6.45, 7) is 16.4. The van der Waals surface area contributed by atoms with Crippen LogP contribution in [0.2, 0.25) is 0 Å². The second kappa shape index (κ2) is 34.0. The molecule has 109 heavy (non-hydrogen) atoms. The highest BCUT2D eigenvalue weighted by Gasteiger charge is 2.72. The molecule has 2 aliphatic heterocycles. The lowest BCUT2D eigenvalue weighted by atomic mass is 9.77. The molecule has 16 nitrogen and oxygen atoms in total. The maximum absolute atomic E-state index is 13.3. The van der Waals surface area contributed by atoms with Crippen molar-refractivity contribution >= 4 is 69.5 Å². The highest BCUT2D eigenvalue weighted by molar-refractivity contribution is 7.97. The SMILES string of the molecule is CC1(OC(=O)C2C3CC4C(OC(=O)C42)C3OC(=O)C(C)(F)F)CCCCC1.CCC(C)(C)C(=O)Oc1ccc([S+](c2ccccc2)c2ccccc2)cc1.CCC(C)(C)C(=O)Oc1ccc([S+](c2ccccc2)c2ccccc2)cc1.CCC1(OC(=O)C2C3CC4C(OC(=O)C42)C3OC(=O)C(C)(F)F)CCCCC1. The molecule has 8 fully saturated rings. The highest BCUT2D eigenvalue weighted by Crippen LogP contribution is 2.61. The Balaban J connectivity index is 0.000000144. The van der Waals surface area contributed by atoms with Crippen molar-refractivity contribution in [2.24, 2.45) is 58.2 Å². The fourth-order valence-corrected chi connectivity index (χ4v) is 20.4. The molecule has 4 bridgehead atoms. The average Bonchev–Trinajstić information content (AvgIpc) is 1.55. The van der Waals surface area contributed by atoms with Gasteiger partial charge in [0.05, 0.1) is 56.3 Å². The summed E-state index contributed by atoms with van der Waals surface area (Å²) in [5.74, 6) is -16.3. The minimum Gasteiger partial charge on any atom is -0.459 e. The molecule has 0 radical (unpaired) electrons. The van der Waals surface area contributed by atoms with Crippen molar-refractivity contribution in [3.05, 3.63) is 170 Å². The van der Waals surface area contributed by atoms with Crippen molar-refractivity contribution in [2.75, 3.05) is 0 Å². The Bertz CT molecular complexity index is 3930. The van der Waals surface area contributed by atoms with Gasteiger partial charge in [-0.25, -0.2) is 9.59 Å². The number of rotatable bonds is 21. The van der Waals surface area contributed by atoms with Crippen LogP contribution in [0.25, 0.3) is 0 Å². The quantitative estimate of drug-likeness (QED) is 0.0216. The second-order valence-corrected chi connectivity index (χ2v) is 35.6. The summed E-state index contributed by atoms with van der Waals surface area (Å²) in [6, 6.07) is 57.8. The van der Waals surface area contributed by atoms with Gasteiger partial charge in [-0.05, 0) is 215 Å². The van der Waals surface area contributed by atoms with E-state index in [1.807, 2.05) is 104 Å². The maximum atomic E-state index is 13.3. The van der Waals surface area contributed by atoms with Crippen molar-refractivity contribution in [1.29, 1.82) is 0 Å². The van der Waals surface area contributed by atoms with E-state index in [4.69, 9.17) is 37.9 Å². The number of carbonyl (C=O) groups is 8. The van der Waals surface area contributed by atoms with Crippen LogP contribution in [0.4, 0.5) is 17.6 Å². The van der Waals surface area contributed by atoms with E-state index in [9.17, 15) is 55.9 Å². The molecule has 8 aliphatic rings. The van der Waals surface area contributed by atoms with Gasteiger partial charge in [0.2, 0.25) is 0 Å². The van der Waals surface area contributed by atoms with Crippen LogP contribution in [-0.4, -0.2) is 95.2 Å². The second-order valence-electron chi connectivity index (χ2n) is 31.6. The first-order chi connectivity index (χ1) is 51.8. The monoisotopic (exact) mass is 1540 g/mol. The molecule has 6 aromatic carbocycles. The average molecular weight is 1540 g/mol. The van der Waals surface area contributed by atoms with Gasteiger partial charge in [-0.2, -0.15) is 17.6 Å². The largest absolute Gasteiger partial charge is 0.459 e. The van der Waals surface area contributed by atoms with Gasteiger partial charge in [0.15, 0.2) is 29.4 Å². The molecule has 6 saturated carbocycles. The van der Waals surface area contributed by atoms with E-state index >= 15 is 0 Å². The van der Waals surface area contributed by atoms with Crippen molar-refractivity contribution < 1.29 is 93.8 Å². The van der Waals surface area contributed by atoms with Gasteiger partial charge in [0, 0.05) is 37.5 Å². The molecule has 6 aromatic rings. The Kier molecular flexibility index (Phi) is 25.4. The molecule has 6 aliphatic carbocycles. The smallest absolute Gasteiger partial charge is 0.377 e. The lowest BCUT2D eigenvalue weighted by Gasteiger charge is -2.38. The van der Waals surface area contributed by atoms with E-state index in [1.165, 1.54) is 29.4 Å². The molecule has 12 unspecified atom stereocenters. The Morgan fingerprint density at radius 3 is 1.05 bits per heavy atom. The zero-order valence-corrected chi connectivity index (χ0v) is 65.2. The number of halogens is 4. The number of carbonyl (C=O) groups excluding carboxylic acids is 8. The molecule has 0 amide bonds. The molecule has 2 saturated heterocycles. The first-order valence-corrected chi connectivity index (χ1v) is 40.6. The van der Waals surface area contributed by atoms with Crippen LogP contribution in [0.3, 0.4) is 0 Å². The standard InChI is InChI=1S/2C24H25O2S.C20H26F2O6.C19H24F2O6/c2*1-4-24(2,3)23(25)26-19-15-17-22(18-16-19)27(20-11-7-5-8-12-20)21-13-9-6-10-14-21;1-3-20(7-5-4-6-8-20)28-17(24)13-11-9-10-12(13)16(23)26-14(10)15(11)27-18(25)19(2,21)22;1-18(6-4-3-5-7-18)27-16(23)12-10-8-9-11(12)15(22)25-13(9)14(10)26-17(24)19(2,20)21/h2*5-18H,4H2,1-3H3;10-15H,3-9H2,1-2H3;9-14H,3-8H2,1-2H3/q2*+1;;. The topological polar surface area (TPSA) is 210 Å². The number of esters is 8. The fourth-order valence-electron chi connectivity index (χ4n) is 16.2. The number of ether oxygens (including phenoxy) is 8. The maximum Gasteiger partial charge on any atom is 0.377 e. The fraction of sp³-hybridized carbons (Fsp3) is 0.494. The normalized spacial score (nSPS) is 25.2. The van der Waals surface area contributed by atoms with Crippen molar-refractivity contribution in [3.63, 3.8) is 0 Å². The molecular formula is C87H100F4O16S2+2. The van der Waals surface area contributed by atoms with Crippen molar-refractivity contribution in [2.45, 2.75) is 242 Å². The summed E-state index contributed by atoms with van der Waals surface area (Å²) in [7, 11) is -0.390. The van der Waals surface area contributed by atoms with Gasteiger partial charge in [-0.15, -0.1) is 0 Å². The lowest BCUT2D eigenvalue weighted by molar-refractivity contribution is -0.188. The Labute approximate surface area is 641 Å². The van der Waals surface area contributed by atoms with Gasteiger partial charge in [0.1, 0.15) is 47.1 Å². The summed E-state index contributed by atoms with van der Waals surface area (Å²) >= 11 is 0. The molecule has 12 atom stereocenters. The third kappa shape index (κ3) is 18.4. The zero-order chi connectivity index (χ0) is 78.4. The molecule has 582 valence electrons. The molecule has 0 N–H and O–H groups in total. The Morgan fingerprint density at radius 1 is 0.422 bits per heavy atom. The van der Waals surface area contributed by atoms with Crippen LogP contribution < -0.4 is 9.47 Å². The first-order valence-electron chi connectivity index (χ1n) is 38.2. The third-order valence-electron chi connectivity index (χ3n) is 23.2. The molecule has 14 rings (SSSR count). The van der Waals surface area contributed by atoms with E-state index in [1.54, 1.807) is 0 Å². The minimum absolute atomic E-state index is 0.192. The van der Waals surface area contributed by atoms with E-state index in [0.717, 1.165) is 77.0 Å². The lowest BCUT2D eigenvalue weighted by Crippen LogP contribution is -2.47. The number of hydrogen-bond donors (Lipinski definition) is 0. The summed E-state index contributed by atoms with van der Waals surface area (Å²) in [5, 5.41) is 0. The van der Waals surface area contributed by atoms with Crippen LogP contribution in [0.1, 0.15) is 166 Å². The summed E-state index contributed by atoms with van der Waals surface area (Å²) in [6.07, 6.45) is 8.74. The van der Waals surface area contributed by atoms with Gasteiger partial charge in [0.25, 0.3) is 0 Å². The van der Waals surface area contributed by atoms with Crippen LogP contribution in [-0.2, 0) is 88.6 Å². The third-order valence-corrected chi connectivity index (χ3v) is 27.6. The Hall–Kier alpha value is -8.50. The van der Waals surface area contributed by atoms with E-state index in [-0.39, 0.29) is 45.6 Å². The van der Waals surface area contributed by atoms with E-state index < -0.39 is 130 Å². The van der Waals surface area contributed by atoms with Gasteiger partial charge < -0.3 is 37.9 Å². The summed E-state index contributed by atoms with van der Waals surface area (Å²) in [4.78, 5) is 106. The van der Waals surface area contributed by atoms with Gasteiger partial charge in [-0.1, -0.05) is 106 Å². The molecule has 2 heterocycles. The first kappa shape index (κ1) is 81.5. The summed E-state index contributed by atoms with van der Waals surface area (Å²) < 4.78 is 96.7. The van der Waals surface area contributed by atoms with Crippen LogP contribution >= 0.6 is 0 Å². The highest BCUT2D eigenvalue weighted by atomic mass is 32.2. The Morgan fingerprint density at radius 2 is 0.734 bits per heavy atom. The minimum atomic E-state index is -3.64. The van der Waals surface area contributed by atoms with Crippen LogP contribution in [0, 0.1) is 58.2 Å². The number of fused-ring (bicyclic) bond motifs is 2. The van der Waals surface area contributed by atoms with Crippen LogP contribution in [0.15, 0.2) is 199 Å². The summed E-state index contributed by atoms with van der Waals surface area (Å²) in [5.41, 5.74) is -2.04. The molecule has 22 heteroatoms. The number of hydrogen-bond acceptors (Lipinski definition) is 16. The predicted molar refractivity (Wildman–Crippen MR) is 400 cm³/mol. The van der Waals surface area contributed by atoms with E-state index in [2.05, 4.69) is 121 Å². The van der Waals surface area contributed by atoms with Gasteiger partial charge in [-0.3, -0.25) is 28.8 Å². The predicted octanol–water partition coefficient (Wildman–Crippen LogP) is 17.9. The molecular weight excluding hydrogens is 1440 g/mol. The zero-order valence-electron chi connectivity index (χ0n) is 63.6.